The Bertz CT molecular complexity index is 858. The van der Waals surface area contributed by atoms with E-state index in [2.05, 4.69) is 4.98 Å². The second kappa shape index (κ2) is 5.61. The van der Waals surface area contributed by atoms with E-state index in [9.17, 15) is 4.79 Å². The Morgan fingerprint density at radius 3 is 2.82 bits per heavy atom. The molecule has 112 valence electrons. The van der Waals surface area contributed by atoms with Gasteiger partial charge in [0.2, 0.25) is 0 Å². The maximum atomic E-state index is 11.0. The van der Waals surface area contributed by atoms with Gasteiger partial charge in [0.15, 0.2) is 0 Å². The van der Waals surface area contributed by atoms with Crippen molar-refractivity contribution in [1.29, 1.82) is 0 Å². The van der Waals surface area contributed by atoms with Crippen molar-refractivity contribution in [3.8, 4) is 5.75 Å². The van der Waals surface area contributed by atoms with Crippen LogP contribution in [0, 0.1) is 0 Å². The molecule has 0 aliphatic rings. The number of rotatable bonds is 4. The van der Waals surface area contributed by atoms with Crippen LogP contribution in [0.1, 0.15) is 16.1 Å². The molecule has 4 N–H and O–H groups in total. The van der Waals surface area contributed by atoms with Crippen LogP contribution >= 0.6 is 11.6 Å². The summed E-state index contributed by atoms with van der Waals surface area (Å²) in [5.74, 6) is -0.679. The van der Waals surface area contributed by atoms with Crippen LogP contribution in [0.15, 0.2) is 42.5 Å². The number of aromatic nitrogens is 1. The predicted octanol–water partition coefficient (Wildman–Crippen LogP) is 3.68. The Morgan fingerprint density at radius 2 is 2.05 bits per heavy atom. The standard InChI is InChI=1S/C16H13ClN2O3/c17-11-2-4-14-10(5-11)6-12(19-14)8-22-15-7-9(16(20)21)1-3-13(15)18/h1-7,19H,8,18H2,(H,20,21). The minimum absolute atomic E-state index is 0.132. The number of halogens is 1. The molecule has 0 aliphatic carbocycles. The number of anilines is 1. The highest BCUT2D eigenvalue weighted by Crippen LogP contribution is 2.25. The van der Waals surface area contributed by atoms with E-state index in [1.807, 2.05) is 18.2 Å². The number of carboxylic acid groups (broad SMARTS) is 1. The summed E-state index contributed by atoms with van der Waals surface area (Å²) in [6.45, 7) is 0.250. The van der Waals surface area contributed by atoms with Gasteiger partial charge in [-0.3, -0.25) is 0 Å². The van der Waals surface area contributed by atoms with E-state index in [1.54, 1.807) is 6.07 Å². The van der Waals surface area contributed by atoms with Crippen molar-refractivity contribution in [1.82, 2.24) is 4.98 Å². The number of carboxylic acids is 1. The third kappa shape index (κ3) is 2.84. The summed E-state index contributed by atoms with van der Waals surface area (Å²) >= 11 is 5.95. The monoisotopic (exact) mass is 316 g/mol. The summed E-state index contributed by atoms with van der Waals surface area (Å²) in [6.07, 6.45) is 0. The molecule has 1 heterocycles. The minimum atomic E-state index is -1.02. The first-order valence-electron chi connectivity index (χ1n) is 6.56. The van der Waals surface area contributed by atoms with Crippen molar-refractivity contribution in [3.05, 3.63) is 58.7 Å². The molecule has 6 heteroatoms. The van der Waals surface area contributed by atoms with Crippen molar-refractivity contribution >= 4 is 34.2 Å². The van der Waals surface area contributed by atoms with Gasteiger partial charge in [-0.15, -0.1) is 0 Å². The van der Waals surface area contributed by atoms with E-state index in [0.717, 1.165) is 16.6 Å². The zero-order chi connectivity index (χ0) is 15.7. The Labute approximate surface area is 131 Å². The van der Waals surface area contributed by atoms with Gasteiger partial charge in [-0.1, -0.05) is 11.6 Å². The lowest BCUT2D eigenvalue weighted by molar-refractivity contribution is 0.0696. The molecule has 2 aromatic carbocycles. The molecule has 22 heavy (non-hydrogen) atoms. The lowest BCUT2D eigenvalue weighted by Gasteiger charge is -2.08. The molecule has 0 unspecified atom stereocenters. The highest BCUT2D eigenvalue weighted by molar-refractivity contribution is 6.31. The van der Waals surface area contributed by atoms with Gasteiger partial charge in [-0.05, 0) is 42.5 Å². The van der Waals surface area contributed by atoms with Crippen LogP contribution in [0.4, 0.5) is 5.69 Å². The maximum Gasteiger partial charge on any atom is 0.335 e. The molecule has 3 rings (SSSR count). The smallest absolute Gasteiger partial charge is 0.335 e. The Morgan fingerprint density at radius 1 is 1.23 bits per heavy atom. The fourth-order valence-corrected chi connectivity index (χ4v) is 2.37. The number of nitrogens with two attached hydrogens (primary N) is 1. The van der Waals surface area contributed by atoms with Crippen LogP contribution in [-0.2, 0) is 6.61 Å². The van der Waals surface area contributed by atoms with Crippen molar-refractivity contribution in [3.63, 3.8) is 0 Å². The number of benzene rings is 2. The molecule has 0 bridgehead atoms. The largest absolute Gasteiger partial charge is 0.485 e. The average molecular weight is 317 g/mol. The van der Waals surface area contributed by atoms with Crippen molar-refractivity contribution < 1.29 is 14.6 Å². The van der Waals surface area contributed by atoms with Crippen LogP contribution in [0.3, 0.4) is 0 Å². The van der Waals surface area contributed by atoms with E-state index in [4.69, 9.17) is 27.2 Å². The molecule has 0 amide bonds. The van der Waals surface area contributed by atoms with Crippen LogP contribution in [0.2, 0.25) is 5.02 Å². The number of H-pyrrole nitrogens is 1. The van der Waals surface area contributed by atoms with Gasteiger partial charge in [0.1, 0.15) is 12.4 Å². The Kier molecular flexibility index (Phi) is 3.65. The van der Waals surface area contributed by atoms with Crippen molar-refractivity contribution in [2.24, 2.45) is 0 Å². The number of nitrogens with one attached hydrogen (secondary N) is 1. The molecular weight excluding hydrogens is 304 g/mol. The molecule has 0 aliphatic heterocycles. The average Bonchev–Trinajstić information content (AvgIpc) is 2.88. The summed E-state index contributed by atoms with van der Waals surface area (Å²) in [4.78, 5) is 14.2. The Balaban J connectivity index is 1.81. The number of carbonyl (C=O) groups is 1. The second-order valence-corrected chi connectivity index (χ2v) is 5.31. The fourth-order valence-electron chi connectivity index (χ4n) is 2.19. The molecule has 5 nitrogen and oxygen atoms in total. The van der Waals surface area contributed by atoms with Gasteiger partial charge in [-0.2, -0.15) is 0 Å². The third-order valence-electron chi connectivity index (χ3n) is 3.28. The fraction of sp³-hybridized carbons (Fsp3) is 0.0625. The van der Waals surface area contributed by atoms with Gasteiger partial charge in [0.05, 0.1) is 16.9 Å². The summed E-state index contributed by atoms with van der Waals surface area (Å²) < 4.78 is 5.62. The van der Waals surface area contributed by atoms with E-state index in [-0.39, 0.29) is 12.2 Å². The van der Waals surface area contributed by atoms with Crippen molar-refractivity contribution in [2.75, 3.05) is 5.73 Å². The first-order valence-corrected chi connectivity index (χ1v) is 6.93. The molecule has 0 saturated carbocycles. The van der Waals surface area contributed by atoms with Gasteiger partial charge >= 0.3 is 5.97 Å². The molecule has 0 fully saturated rings. The molecule has 1 aromatic heterocycles. The molecular formula is C16H13ClN2O3. The zero-order valence-corrected chi connectivity index (χ0v) is 12.2. The maximum absolute atomic E-state index is 11.0. The Hall–Kier alpha value is -2.66. The minimum Gasteiger partial charge on any atom is -0.485 e. The SMILES string of the molecule is Nc1ccc(C(=O)O)cc1OCc1cc2cc(Cl)ccc2[nH]1. The van der Waals surface area contributed by atoms with Gasteiger partial charge in [0.25, 0.3) is 0 Å². The summed E-state index contributed by atoms with van der Waals surface area (Å²) in [6, 6.07) is 11.9. The molecule has 0 saturated heterocycles. The van der Waals surface area contributed by atoms with Crippen molar-refractivity contribution in [2.45, 2.75) is 6.61 Å². The number of aromatic carboxylic acids is 1. The highest BCUT2D eigenvalue weighted by atomic mass is 35.5. The van der Waals surface area contributed by atoms with E-state index < -0.39 is 5.97 Å². The number of hydrogen-bond donors (Lipinski definition) is 3. The van der Waals surface area contributed by atoms with E-state index in [0.29, 0.717) is 16.5 Å². The van der Waals surface area contributed by atoms with Crippen LogP contribution in [-0.4, -0.2) is 16.1 Å². The highest BCUT2D eigenvalue weighted by Gasteiger charge is 2.09. The topological polar surface area (TPSA) is 88.3 Å². The third-order valence-corrected chi connectivity index (χ3v) is 3.52. The molecule has 0 spiro atoms. The first kappa shape index (κ1) is 14.3. The molecule has 3 aromatic rings. The number of fused-ring (bicyclic) bond motifs is 1. The van der Waals surface area contributed by atoms with Gasteiger partial charge in [-0.25, -0.2) is 4.79 Å². The molecule has 0 radical (unpaired) electrons. The van der Waals surface area contributed by atoms with Crippen LogP contribution in [0.25, 0.3) is 10.9 Å². The van der Waals surface area contributed by atoms with E-state index in [1.165, 1.54) is 18.2 Å². The summed E-state index contributed by atoms with van der Waals surface area (Å²) in [7, 11) is 0. The summed E-state index contributed by atoms with van der Waals surface area (Å²) in [5, 5.41) is 10.6. The number of aromatic amines is 1. The number of ether oxygens (including phenoxy) is 1. The van der Waals surface area contributed by atoms with Gasteiger partial charge in [0, 0.05) is 15.9 Å². The zero-order valence-electron chi connectivity index (χ0n) is 11.5. The number of hydrogen-bond acceptors (Lipinski definition) is 3. The quantitative estimate of drug-likeness (QED) is 0.641. The first-order chi connectivity index (χ1) is 10.5. The van der Waals surface area contributed by atoms with Crippen LogP contribution in [0.5, 0.6) is 5.75 Å². The van der Waals surface area contributed by atoms with Crippen LogP contribution < -0.4 is 10.5 Å². The lowest BCUT2D eigenvalue weighted by Crippen LogP contribution is -2.02. The summed E-state index contributed by atoms with van der Waals surface area (Å²) in [5.41, 5.74) is 8.13. The normalized spacial score (nSPS) is 10.8. The van der Waals surface area contributed by atoms with E-state index >= 15 is 0 Å². The number of nitrogen functional groups attached to an aromatic ring is 1. The van der Waals surface area contributed by atoms with Gasteiger partial charge < -0.3 is 20.6 Å². The predicted molar refractivity (Wildman–Crippen MR) is 85.5 cm³/mol. The second-order valence-electron chi connectivity index (χ2n) is 4.87. The lowest BCUT2D eigenvalue weighted by atomic mass is 10.2. The molecule has 0 atom stereocenters.